The second-order valence-corrected chi connectivity index (χ2v) is 4.62. The van der Waals surface area contributed by atoms with Crippen molar-refractivity contribution in [2.45, 2.75) is 18.8 Å². The molecule has 1 heterocycles. The van der Waals surface area contributed by atoms with E-state index in [0.29, 0.717) is 19.6 Å². The molecule has 1 atom stereocenters. The molecule has 3 rings (SSSR count). The fraction of sp³-hybridized carbons (Fsp3) is 0.333. The summed E-state index contributed by atoms with van der Waals surface area (Å²) in [6.45, 7) is 1.35. The number of hydrogen-bond donors (Lipinski definition) is 1. The third kappa shape index (κ3) is 2.38. The maximum Gasteiger partial charge on any atom is 0.159 e. The molecule has 0 aliphatic carbocycles. The molecule has 18 heavy (non-hydrogen) atoms. The molecule has 1 saturated heterocycles. The Hall–Kier alpha value is -1.42. The molecule has 0 bridgehead atoms. The molecule has 3 heteroatoms. The first kappa shape index (κ1) is 11.7. The van der Waals surface area contributed by atoms with Crippen LogP contribution in [0.4, 0.5) is 0 Å². The predicted molar refractivity (Wildman–Crippen MR) is 71.2 cm³/mol. The highest BCUT2D eigenvalue weighted by Crippen LogP contribution is 2.23. The highest BCUT2D eigenvalue weighted by atomic mass is 16.7. The summed E-state index contributed by atoms with van der Waals surface area (Å²) in [7, 11) is 0. The van der Waals surface area contributed by atoms with Gasteiger partial charge in [0.1, 0.15) is 0 Å². The van der Waals surface area contributed by atoms with Gasteiger partial charge < -0.3 is 15.2 Å². The van der Waals surface area contributed by atoms with E-state index >= 15 is 0 Å². The summed E-state index contributed by atoms with van der Waals surface area (Å²) < 4.78 is 10.9. The van der Waals surface area contributed by atoms with Gasteiger partial charge in [-0.2, -0.15) is 0 Å². The zero-order valence-corrected chi connectivity index (χ0v) is 10.2. The summed E-state index contributed by atoms with van der Waals surface area (Å²) >= 11 is 0. The maximum atomic E-state index is 6.21. The molecule has 0 spiro atoms. The Morgan fingerprint density at radius 3 is 2.56 bits per heavy atom. The normalized spacial score (nSPS) is 18.3. The summed E-state index contributed by atoms with van der Waals surface area (Å²) in [6.07, 6.45) is 0.560. The van der Waals surface area contributed by atoms with Gasteiger partial charge in [-0.05, 0) is 22.4 Å². The summed E-state index contributed by atoms with van der Waals surface area (Å²) in [6, 6.07) is 14.6. The van der Waals surface area contributed by atoms with E-state index in [1.54, 1.807) is 0 Å². The van der Waals surface area contributed by atoms with Gasteiger partial charge in [-0.25, -0.2) is 0 Å². The quantitative estimate of drug-likeness (QED) is 0.901. The van der Waals surface area contributed by atoms with Gasteiger partial charge in [0.05, 0.1) is 13.2 Å². The number of rotatable bonds is 3. The van der Waals surface area contributed by atoms with E-state index in [2.05, 4.69) is 30.3 Å². The third-order valence-electron chi connectivity index (χ3n) is 3.34. The standard InChI is InChI=1S/C15H17NO2/c16-14(10-15-17-7-8-18-15)13-6-5-11-3-1-2-4-12(11)9-13/h1-6,9,14-15H,7-8,10,16H2. The minimum absolute atomic E-state index is 0.0438. The first-order valence-electron chi connectivity index (χ1n) is 6.30. The number of nitrogens with two attached hydrogens (primary N) is 1. The van der Waals surface area contributed by atoms with Crippen LogP contribution in [0.5, 0.6) is 0 Å². The molecule has 1 unspecified atom stereocenters. The summed E-state index contributed by atoms with van der Waals surface area (Å²) in [5.41, 5.74) is 7.34. The number of benzene rings is 2. The molecule has 1 aliphatic heterocycles. The molecule has 0 amide bonds. The molecule has 1 fully saturated rings. The first-order valence-corrected chi connectivity index (χ1v) is 6.30. The highest BCUT2D eigenvalue weighted by molar-refractivity contribution is 5.83. The lowest BCUT2D eigenvalue weighted by Crippen LogP contribution is -2.19. The third-order valence-corrected chi connectivity index (χ3v) is 3.34. The van der Waals surface area contributed by atoms with Crippen molar-refractivity contribution in [1.29, 1.82) is 0 Å². The molecule has 2 aromatic rings. The topological polar surface area (TPSA) is 44.5 Å². The van der Waals surface area contributed by atoms with Gasteiger partial charge >= 0.3 is 0 Å². The highest BCUT2D eigenvalue weighted by Gasteiger charge is 2.20. The maximum absolute atomic E-state index is 6.21. The molecular weight excluding hydrogens is 226 g/mol. The zero-order chi connectivity index (χ0) is 12.4. The largest absolute Gasteiger partial charge is 0.350 e. The fourth-order valence-corrected chi connectivity index (χ4v) is 2.33. The van der Waals surface area contributed by atoms with E-state index in [0.717, 1.165) is 5.56 Å². The minimum atomic E-state index is -0.147. The lowest BCUT2D eigenvalue weighted by Gasteiger charge is -2.16. The number of ether oxygens (including phenoxy) is 2. The lowest BCUT2D eigenvalue weighted by atomic mass is 10.0. The summed E-state index contributed by atoms with van der Waals surface area (Å²) in [5.74, 6) is 0. The molecule has 1 aliphatic rings. The summed E-state index contributed by atoms with van der Waals surface area (Å²) in [5, 5.41) is 2.46. The van der Waals surface area contributed by atoms with Crippen molar-refractivity contribution in [2.75, 3.05) is 13.2 Å². The van der Waals surface area contributed by atoms with Crippen molar-refractivity contribution in [1.82, 2.24) is 0 Å². The van der Waals surface area contributed by atoms with Crippen LogP contribution >= 0.6 is 0 Å². The van der Waals surface area contributed by atoms with Gasteiger partial charge in [0, 0.05) is 12.5 Å². The predicted octanol–water partition coefficient (Wildman–Crippen LogP) is 2.60. The Morgan fingerprint density at radius 2 is 1.78 bits per heavy atom. The van der Waals surface area contributed by atoms with E-state index in [9.17, 15) is 0 Å². The van der Waals surface area contributed by atoms with E-state index in [-0.39, 0.29) is 12.3 Å². The summed E-state index contributed by atoms with van der Waals surface area (Å²) in [4.78, 5) is 0. The van der Waals surface area contributed by atoms with Crippen molar-refractivity contribution in [3.8, 4) is 0 Å². The Morgan fingerprint density at radius 1 is 1.06 bits per heavy atom. The average Bonchev–Trinajstić information content (AvgIpc) is 2.91. The molecule has 2 aromatic carbocycles. The van der Waals surface area contributed by atoms with Gasteiger partial charge in [0.15, 0.2) is 6.29 Å². The first-order chi connectivity index (χ1) is 8.83. The van der Waals surface area contributed by atoms with Crippen molar-refractivity contribution in [2.24, 2.45) is 5.73 Å². The molecule has 0 radical (unpaired) electrons. The molecular formula is C15H17NO2. The molecule has 0 aromatic heterocycles. The van der Waals surface area contributed by atoms with Crippen LogP contribution < -0.4 is 5.73 Å². The monoisotopic (exact) mass is 243 g/mol. The van der Waals surface area contributed by atoms with Crippen LogP contribution in [0, 0.1) is 0 Å². The van der Waals surface area contributed by atoms with Gasteiger partial charge in [0.2, 0.25) is 0 Å². The van der Waals surface area contributed by atoms with Gasteiger partial charge in [-0.15, -0.1) is 0 Å². The Labute approximate surface area is 106 Å². The van der Waals surface area contributed by atoms with Crippen molar-refractivity contribution < 1.29 is 9.47 Å². The van der Waals surface area contributed by atoms with Gasteiger partial charge in [0.25, 0.3) is 0 Å². The van der Waals surface area contributed by atoms with Crippen LogP contribution in [-0.2, 0) is 9.47 Å². The van der Waals surface area contributed by atoms with Gasteiger partial charge in [-0.3, -0.25) is 0 Å². The van der Waals surface area contributed by atoms with Crippen LogP contribution in [0.2, 0.25) is 0 Å². The fourth-order valence-electron chi connectivity index (χ4n) is 2.33. The van der Waals surface area contributed by atoms with Crippen LogP contribution in [0.25, 0.3) is 10.8 Å². The van der Waals surface area contributed by atoms with Crippen LogP contribution in [0.1, 0.15) is 18.0 Å². The van der Waals surface area contributed by atoms with E-state index in [4.69, 9.17) is 15.2 Å². The molecule has 0 saturated carbocycles. The number of hydrogen-bond acceptors (Lipinski definition) is 3. The van der Waals surface area contributed by atoms with E-state index in [1.165, 1.54) is 10.8 Å². The zero-order valence-electron chi connectivity index (χ0n) is 10.2. The Kier molecular flexibility index (Phi) is 3.28. The van der Waals surface area contributed by atoms with Gasteiger partial charge in [-0.1, -0.05) is 36.4 Å². The van der Waals surface area contributed by atoms with Crippen molar-refractivity contribution >= 4 is 10.8 Å². The molecule has 3 nitrogen and oxygen atoms in total. The van der Waals surface area contributed by atoms with E-state index < -0.39 is 0 Å². The average molecular weight is 243 g/mol. The minimum Gasteiger partial charge on any atom is -0.350 e. The van der Waals surface area contributed by atoms with E-state index in [1.807, 2.05) is 12.1 Å². The Balaban J connectivity index is 1.80. The molecule has 94 valence electrons. The SMILES string of the molecule is NC(CC1OCCO1)c1ccc2ccccc2c1. The van der Waals surface area contributed by atoms with Crippen molar-refractivity contribution in [3.05, 3.63) is 48.0 Å². The second kappa shape index (κ2) is 5.06. The Bertz CT molecular complexity index is 535. The van der Waals surface area contributed by atoms with Crippen LogP contribution in [0.3, 0.4) is 0 Å². The number of fused-ring (bicyclic) bond motifs is 1. The van der Waals surface area contributed by atoms with Crippen LogP contribution in [-0.4, -0.2) is 19.5 Å². The lowest BCUT2D eigenvalue weighted by molar-refractivity contribution is -0.0507. The second-order valence-electron chi connectivity index (χ2n) is 4.62. The van der Waals surface area contributed by atoms with Crippen LogP contribution in [0.15, 0.2) is 42.5 Å². The smallest absolute Gasteiger partial charge is 0.159 e. The van der Waals surface area contributed by atoms with Crippen molar-refractivity contribution in [3.63, 3.8) is 0 Å². The molecule has 2 N–H and O–H groups in total.